The average Bonchev–Trinajstić information content (AvgIpc) is 2.33. The molecule has 0 unspecified atom stereocenters. The number of carbonyl (C=O) groups excluding carboxylic acids is 2. The van der Waals surface area contributed by atoms with Gasteiger partial charge >= 0.3 is 0 Å². The Bertz CT molecular complexity index is 357. The number of aliphatic hydroxyl groups excluding tert-OH is 3. The van der Waals surface area contributed by atoms with Crippen molar-refractivity contribution in [1.29, 1.82) is 0 Å². The molecule has 0 saturated carbocycles. The first-order valence-corrected chi connectivity index (χ1v) is 4.81. The molecule has 5 N–H and O–H groups in total. The Kier molecular flexibility index (Phi) is 6.23. The Morgan fingerprint density at radius 3 is 2.50 bits per heavy atom. The van der Waals surface area contributed by atoms with E-state index in [1.54, 1.807) is 5.32 Å². The van der Waals surface area contributed by atoms with E-state index in [1.807, 2.05) is 0 Å². The predicted molar refractivity (Wildman–Crippen MR) is 56.9 cm³/mol. The predicted octanol–water partition coefficient (Wildman–Crippen LogP) is -2.60. The van der Waals surface area contributed by atoms with Crippen molar-refractivity contribution in [3.05, 3.63) is 10.4 Å². The van der Waals surface area contributed by atoms with Gasteiger partial charge in [0.15, 0.2) is 6.29 Å². The zero-order valence-corrected chi connectivity index (χ0v) is 9.46. The quantitative estimate of drug-likeness (QED) is 0.110. The highest BCUT2D eigenvalue weighted by Crippen LogP contribution is 2.15. The third-order valence-electron chi connectivity index (χ3n) is 2.10. The zero-order valence-electron chi connectivity index (χ0n) is 9.46. The van der Waals surface area contributed by atoms with Crippen molar-refractivity contribution in [2.75, 3.05) is 6.61 Å². The van der Waals surface area contributed by atoms with Gasteiger partial charge in [-0.1, -0.05) is 5.11 Å². The number of nitrogens with zero attached hydrogens (tertiary/aromatic N) is 3. The van der Waals surface area contributed by atoms with Crippen molar-refractivity contribution in [2.45, 2.75) is 30.9 Å². The van der Waals surface area contributed by atoms with Crippen LogP contribution in [-0.2, 0) is 9.59 Å². The molecular formula is C8H14N4O6. The fourth-order valence-electron chi connectivity index (χ4n) is 1.23. The summed E-state index contributed by atoms with van der Waals surface area (Å²) in [7, 11) is 0. The van der Waals surface area contributed by atoms with Crippen LogP contribution in [0.15, 0.2) is 5.11 Å². The van der Waals surface area contributed by atoms with Crippen molar-refractivity contribution in [1.82, 2.24) is 5.32 Å². The van der Waals surface area contributed by atoms with Crippen LogP contribution >= 0.6 is 0 Å². The standard InChI is InChI=1S/C8H14N4O6/c1-4(15)10-8(18,3-14)7(17)6(11-12-9)5(16)2-13/h3,5-7,13,16-18H,2H2,1H3,(H,10,15)/t5-,6+,7+,8+/m1/s1. The van der Waals surface area contributed by atoms with Crippen LogP contribution < -0.4 is 5.32 Å². The lowest BCUT2D eigenvalue weighted by Crippen LogP contribution is -2.63. The smallest absolute Gasteiger partial charge is 0.222 e. The topological polar surface area (TPSA) is 176 Å². The van der Waals surface area contributed by atoms with Crippen LogP contribution in [0.4, 0.5) is 0 Å². The Labute approximate surface area is 101 Å². The van der Waals surface area contributed by atoms with E-state index < -0.39 is 36.5 Å². The van der Waals surface area contributed by atoms with Gasteiger partial charge in [-0.05, 0) is 5.53 Å². The van der Waals surface area contributed by atoms with Crippen molar-refractivity contribution in [3.8, 4) is 0 Å². The molecule has 0 radical (unpaired) electrons. The molecule has 0 saturated heterocycles. The maximum Gasteiger partial charge on any atom is 0.222 e. The van der Waals surface area contributed by atoms with E-state index in [2.05, 4.69) is 10.0 Å². The molecule has 10 heteroatoms. The molecular weight excluding hydrogens is 248 g/mol. The minimum absolute atomic E-state index is 0.178. The molecule has 102 valence electrons. The summed E-state index contributed by atoms with van der Waals surface area (Å²) in [5.74, 6) is -0.832. The molecule has 0 fully saturated rings. The van der Waals surface area contributed by atoms with Crippen molar-refractivity contribution >= 4 is 12.2 Å². The van der Waals surface area contributed by atoms with Gasteiger partial charge in [-0.25, -0.2) is 0 Å². The molecule has 0 heterocycles. The van der Waals surface area contributed by atoms with E-state index in [0.717, 1.165) is 6.92 Å². The summed E-state index contributed by atoms with van der Waals surface area (Å²) < 4.78 is 0. The van der Waals surface area contributed by atoms with E-state index >= 15 is 0 Å². The van der Waals surface area contributed by atoms with Crippen LogP contribution in [0.3, 0.4) is 0 Å². The van der Waals surface area contributed by atoms with E-state index in [4.69, 9.17) is 10.6 Å². The second-order valence-electron chi connectivity index (χ2n) is 3.51. The minimum atomic E-state index is -2.74. The van der Waals surface area contributed by atoms with Crippen LogP contribution in [0.1, 0.15) is 6.92 Å². The first kappa shape index (κ1) is 16.3. The molecule has 0 aliphatic carbocycles. The molecule has 0 aliphatic rings. The summed E-state index contributed by atoms with van der Waals surface area (Å²) >= 11 is 0. The number of amides is 1. The van der Waals surface area contributed by atoms with Crippen LogP contribution in [0.5, 0.6) is 0 Å². The number of hydrogen-bond acceptors (Lipinski definition) is 7. The van der Waals surface area contributed by atoms with Crippen molar-refractivity contribution in [3.63, 3.8) is 0 Å². The lowest BCUT2D eigenvalue weighted by molar-refractivity contribution is -0.157. The summed E-state index contributed by atoms with van der Waals surface area (Å²) in [5, 5.41) is 42.1. The Morgan fingerprint density at radius 1 is 1.61 bits per heavy atom. The molecule has 0 aromatic carbocycles. The fraction of sp³-hybridized carbons (Fsp3) is 0.750. The molecule has 1 amide bonds. The highest BCUT2D eigenvalue weighted by atomic mass is 16.4. The van der Waals surface area contributed by atoms with Gasteiger partial charge in [0.1, 0.15) is 6.10 Å². The number of azide groups is 1. The van der Waals surface area contributed by atoms with E-state index in [1.165, 1.54) is 0 Å². The minimum Gasteiger partial charge on any atom is -0.394 e. The zero-order chi connectivity index (χ0) is 14.3. The van der Waals surface area contributed by atoms with E-state index in [0.29, 0.717) is 0 Å². The second kappa shape index (κ2) is 6.89. The third kappa shape index (κ3) is 3.95. The molecule has 10 nitrogen and oxygen atoms in total. The normalized spacial score (nSPS) is 18.7. The Hall–Kier alpha value is -1.71. The molecule has 0 aromatic heterocycles. The van der Waals surface area contributed by atoms with Gasteiger partial charge in [0.05, 0.1) is 18.8 Å². The van der Waals surface area contributed by atoms with E-state index in [9.17, 15) is 24.9 Å². The first-order chi connectivity index (χ1) is 8.32. The summed E-state index contributed by atoms with van der Waals surface area (Å²) in [6, 6.07) is -1.72. The fourth-order valence-corrected chi connectivity index (χ4v) is 1.23. The Balaban J connectivity index is 5.25. The van der Waals surface area contributed by atoms with Gasteiger partial charge in [-0.15, -0.1) is 0 Å². The van der Waals surface area contributed by atoms with Gasteiger partial charge in [-0.2, -0.15) is 0 Å². The summed E-state index contributed by atoms with van der Waals surface area (Å²) in [4.78, 5) is 23.8. The highest BCUT2D eigenvalue weighted by molar-refractivity contribution is 5.79. The molecule has 4 atom stereocenters. The molecule has 0 aliphatic heterocycles. The molecule has 0 bridgehead atoms. The van der Waals surface area contributed by atoms with Gasteiger partial charge in [0.25, 0.3) is 0 Å². The average molecular weight is 262 g/mol. The second-order valence-corrected chi connectivity index (χ2v) is 3.51. The SMILES string of the molecule is CC(=O)N[C@](O)(C=O)[C@@H](O)[C@@H](N=[N+]=[N-])[C@H](O)CO. The molecule has 0 aromatic rings. The van der Waals surface area contributed by atoms with Crippen LogP contribution in [0.25, 0.3) is 10.4 Å². The summed E-state index contributed by atoms with van der Waals surface area (Å²) in [6.45, 7) is 0.0992. The number of rotatable bonds is 7. The number of hydrogen-bond donors (Lipinski definition) is 5. The van der Waals surface area contributed by atoms with Gasteiger partial charge in [0, 0.05) is 11.8 Å². The van der Waals surface area contributed by atoms with Gasteiger partial charge < -0.3 is 25.7 Å². The highest BCUT2D eigenvalue weighted by Gasteiger charge is 2.43. The lowest BCUT2D eigenvalue weighted by atomic mass is 9.97. The van der Waals surface area contributed by atoms with Crippen molar-refractivity contribution in [2.24, 2.45) is 5.11 Å². The van der Waals surface area contributed by atoms with Crippen LogP contribution in [0, 0.1) is 0 Å². The first-order valence-electron chi connectivity index (χ1n) is 4.81. The van der Waals surface area contributed by atoms with Crippen molar-refractivity contribution < 1.29 is 30.0 Å². The van der Waals surface area contributed by atoms with E-state index in [-0.39, 0.29) is 6.29 Å². The molecule has 18 heavy (non-hydrogen) atoms. The Morgan fingerprint density at radius 2 is 2.17 bits per heavy atom. The van der Waals surface area contributed by atoms with Crippen LogP contribution in [0.2, 0.25) is 0 Å². The lowest BCUT2D eigenvalue weighted by Gasteiger charge is -2.32. The maximum absolute atomic E-state index is 10.8. The third-order valence-corrected chi connectivity index (χ3v) is 2.10. The van der Waals surface area contributed by atoms with Gasteiger partial charge in [0.2, 0.25) is 11.6 Å². The number of aliphatic hydroxyl groups is 4. The molecule has 0 rings (SSSR count). The number of nitrogens with one attached hydrogen (secondary N) is 1. The molecule has 0 spiro atoms. The number of aldehydes is 1. The monoisotopic (exact) mass is 262 g/mol. The largest absolute Gasteiger partial charge is 0.394 e. The summed E-state index contributed by atoms with van der Waals surface area (Å²) in [5.41, 5.74) is 5.51. The number of carbonyl (C=O) groups is 2. The van der Waals surface area contributed by atoms with Gasteiger partial charge in [-0.3, -0.25) is 9.59 Å². The summed E-state index contributed by atoms with van der Waals surface area (Å²) in [6.07, 6.45) is -4.02. The maximum atomic E-state index is 10.8. The van der Waals surface area contributed by atoms with Crippen LogP contribution in [-0.4, -0.2) is 63.2 Å².